The molecule has 5 aliphatic heterocycles. The summed E-state index contributed by atoms with van der Waals surface area (Å²) in [4.78, 5) is 36.3. The van der Waals surface area contributed by atoms with Crippen LogP contribution in [-0.4, -0.2) is 70.4 Å². The predicted octanol–water partition coefficient (Wildman–Crippen LogP) is 1.89. The molecule has 25 heavy (non-hydrogen) atoms. The van der Waals surface area contributed by atoms with Crippen LogP contribution in [0.1, 0.15) is 39.0 Å². The summed E-state index contributed by atoms with van der Waals surface area (Å²) in [6, 6.07) is 0.203. The third-order valence-corrected chi connectivity index (χ3v) is 6.56. The van der Waals surface area contributed by atoms with Crippen LogP contribution in [0.5, 0.6) is 0 Å². The molecule has 2 atom stereocenters. The molecule has 2 bridgehead atoms. The first-order valence-electron chi connectivity index (χ1n) is 9.43. The molecular formula is C18H26N4O2S. The third kappa shape index (κ3) is 3.18. The minimum absolute atomic E-state index is 0.00621. The highest BCUT2D eigenvalue weighted by Crippen LogP contribution is 2.33. The summed E-state index contributed by atoms with van der Waals surface area (Å²) in [5.41, 5.74) is 1.07. The summed E-state index contributed by atoms with van der Waals surface area (Å²) in [5, 5.41) is 3.11. The van der Waals surface area contributed by atoms with Gasteiger partial charge >= 0.3 is 0 Å². The zero-order valence-electron chi connectivity index (χ0n) is 14.8. The lowest BCUT2D eigenvalue weighted by atomic mass is 9.94. The average molecular weight is 362 g/mol. The number of hydrogen-bond acceptors (Lipinski definition) is 5. The van der Waals surface area contributed by atoms with Gasteiger partial charge < -0.3 is 14.7 Å². The average Bonchev–Trinajstić information content (AvgIpc) is 2.82. The molecule has 3 fully saturated rings. The van der Waals surface area contributed by atoms with Gasteiger partial charge in [-0.25, -0.2) is 0 Å². The number of hydrogen-bond donors (Lipinski definition) is 0. The van der Waals surface area contributed by atoms with Crippen LogP contribution in [0.4, 0.5) is 0 Å². The first-order valence-corrected chi connectivity index (χ1v) is 10.3. The Bertz CT molecular complexity index is 633. The van der Waals surface area contributed by atoms with Crippen molar-refractivity contribution in [2.75, 3.05) is 32.7 Å². The molecular weight excluding hydrogens is 336 g/mol. The van der Waals surface area contributed by atoms with Crippen LogP contribution < -0.4 is 0 Å². The molecule has 5 rings (SSSR count). The van der Waals surface area contributed by atoms with Gasteiger partial charge in [-0.3, -0.25) is 14.6 Å². The molecule has 0 saturated carbocycles. The van der Waals surface area contributed by atoms with Crippen molar-refractivity contribution >= 4 is 28.7 Å². The lowest BCUT2D eigenvalue weighted by Gasteiger charge is -2.35. The number of carbonyl (C=O) groups is 2. The Morgan fingerprint density at radius 2 is 2.24 bits per heavy atom. The van der Waals surface area contributed by atoms with Crippen LogP contribution in [0.25, 0.3) is 0 Å². The van der Waals surface area contributed by atoms with E-state index < -0.39 is 0 Å². The van der Waals surface area contributed by atoms with Crippen LogP contribution in [0.2, 0.25) is 0 Å². The Kier molecular flexibility index (Phi) is 4.75. The number of fused-ring (bicyclic) bond motifs is 5. The molecule has 6 nitrogen and oxygen atoms in total. The van der Waals surface area contributed by atoms with Gasteiger partial charge in [0.25, 0.3) is 0 Å². The molecule has 0 aromatic rings. The van der Waals surface area contributed by atoms with Gasteiger partial charge in [-0.1, -0.05) is 18.7 Å². The van der Waals surface area contributed by atoms with E-state index in [0.717, 1.165) is 56.2 Å². The van der Waals surface area contributed by atoms with Gasteiger partial charge in [-0.05, 0) is 31.1 Å². The Hall–Kier alpha value is -1.50. The number of piperidine rings is 1. The van der Waals surface area contributed by atoms with Crippen LogP contribution in [0.3, 0.4) is 0 Å². The molecule has 0 aromatic heterocycles. The third-order valence-electron chi connectivity index (χ3n) is 5.61. The smallest absolute Gasteiger partial charge is 0.228 e. The molecule has 7 heteroatoms. The first-order chi connectivity index (χ1) is 12.2. The predicted molar refractivity (Wildman–Crippen MR) is 99.0 cm³/mol. The minimum Gasteiger partial charge on any atom is -0.339 e. The van der Waals surface area contributed by atoms with E-state index in [9.17, 15) is 9.59 Å². The Labute approximate surface area is 153 Å². The Balaban J connectivity index is 1.44. The highest BCUT2D eigenvalue weighted by atomic mass is 32.2. The van der Waals surface area contributed by atoms with Gasteiger partial charge in [-0.15, -0.1) is 0 Å². The molecule has 5 aliphatic rings. The van der Waals surface area contributed by atoms with Gasteiger partial charge in [0.2, 0.25) is 11.8 Å². The van der Waals surface area contributed by atoms with Gasteiger partial charge in [0.15, 0.2) is 5.17 Å². The molecule has 2 amide bonds. The number of nitrogens with zero attached hydrogens (tertiary/aromatic N) is 4. The Morgan fingerprint density at radius 3 is 3.08 bits per heavy atom. The van der Waals surface area contributed by atoms with Gasteiger partial charge in [0.1, 0.15) is 0 Å². The molecule has 0 spiro atoms. The van der Waals surface area contributed by atoms with Crippen molar-refractivity contribution < 1.29 is 9.59 Å². The summed E-state index contributed by atoms with van der Waals surface area (Å²) in [6.07, 6.45) is 4.40. The molecule has 0 N–H and O–H groups in total. The molecule has 0 aliphatic carbocycles. The molecule has 3 saturated heterocycles. The largest absolute Gasteiger partial charge is 0.339 e. The maximum Gasteiger partial charge on any atom is 0.228 e. The fraction of sp³-hybridized carbons (Fsp3) is 0.722. The Morgan fingerprint density at radius 1 is 1.36 bits per heavy atom. The van der Waals surface area contributed by atoms with Gasteiger partial charge in [0, 0.05) is 44.5 Å². The number of thioether (sulfide) groups is 1. The summed E-state index contributed by atoms with van der Waals surface area (Å²) >= 11 is 1.63. The van der Waals surface area contributed by atoms with Crippen molar-refractivity contribution in [2.24, 2.45) is 10.9 Å². The van der Waals surface area contributed by atoms with Crippen molar-refractivity contribution in [3.63, 3.8) is 0 Å². The monoisotopic (exact) mass is 362 g/mol. The van der Waals surface area contributed by atoms with Crippen molar-refractivity contribution in [2.45, 2.75) is 45.1 Å². The van der Waals surface area contributed by atoms with E-state index >= 15 is 0 Å². The summed E-state index contributed by atoms with van der Waals surface area (Å²) in [6.45, 7) is 6.06. The molecule has 0 unspecified atom stereocenters. The molecule has 0 radical (unpaired) electrons. The summed E-state index contributed by atoms with van der Waals surface area (Å²) < 4.78 is 0. The lowest BCUT2D eigenvalue weighted by molar-refractivity contribution is -0.139. The first kappa shape index (κ1) is 16.9. The van der Waals surface area contributed by atoms with Crippen LogP contribution in [0, 0.1) is 5.92 Å². The quantitative estimate of drug-likeness (QED) is 0.766. The summed E-state index contributed by atoms with van der Waals surface area (Å²) in [5.74, 6) is 0.407. The zero-order chi connectivity index (χ0) is 17.4. The lowest BCUT2D eigenvalue weighted by Crippen LogP contribution is -2.48. The summed E-state index contributed by atoms with van der Waals surface area (Å²) in [7, 11) is 0. The van der Waals surface area contributed by atoms with E-state index in [1.54, 1.807) is 11.8 Å². The highest BCUT2D eigenvalue weighted by Gasteiger charge is 2.41. The number of amides is 2. The van der Waals surface area contributed by atoms with Gasteiger partial charge in [0.05, 0.1) is 12.3 Å². The van der Waals surface area contributed by atoms with Crippen molar-refractivity contribution in [3.05, 3.63) is 11.1 Å². The maximum atomic E-state index is 13.0. The van der Waals surface area contributed by atoms with Crippen molar-refractivity contribution in [3.8, 4) is 0 Å². The van der Waals surface area contributed by atoms with E-state index in [-0.39, 0.29) is 23.8 Å². The second kappa shape index (κ2) is 7.02. The number of amidine groups is 1. The van der Waals surface area contributed by atoms with E-state index in [4.69, 9.17) is 0 Å². The second-order valence-corrected chi connectivity index (χ2v) is 8.17. The van der Waals surface area contributed by atoms with Crippen molar-refractivity contribution in [1.82, 2.24) is 14.7 Å². The maximum absolute atomic E-state index is 13.0. The standard InChI is InChI=1S/C18H26N4O2S/c1-2-7-21-14-5-4-13(17(21)24)10-20(11-14)16(23)9-15-12-25-18-19-6-3-8-22(15)18/h12-14H,2-11H2,1H3/t13-,14+/m1/s1. The normalized spacial score (nSPS) is 28.7. The topological polar surface area (TPSA) is 56.2 Å². The fourth-order valence-electron chi connectivity index (χ4n) is 4.32. The second-order valence-electron chi connectivity index (χ2n) is 7.33. The highest BCUT2D eigenvalue weighted by molar-refractivity contribution is 8.16. The number of carbonyl (C=O) groups excluding carboxylic acids is 2. The fourth-order valence-corrected chi connectivity index (χ4v) is 5.27. The van der Waals surface area contributed by atoms with E-state index in [1.807, 2.05) is 9.80 Å². The van der Waals surface area contributed by atoms with Crippen LogP contribution in [0.15, 0.2) is 16.1 Å². The van der Waals surface area contributed by atoms with Crippen LogP contribution >= 0.6 is 11.8 Å². The van der Waals surface area contributed by atoms with Crippen molar-refractivity contribution in [1.29, 1.82) is 0 Å². The van der Waals surface area contributed by atoms with Crippen LogP contribution in [-0.2, 0) is 9.59 Å². The van der Waals surface area contributed by atoms with E-state index in [1.165, 1.54) is 0 Å². The van der Waals surface area contributed by atoms with Gasteiger partial charge in [-0.2, -0.15) is 0 Å². The molecule has 5 heterocycles. The zero-order valence-corrected chi connectivity index (χ0v) is 15.6. The SMILES string of the molecule is CCCN1C(=O)[C@@H]2CC[C@H]1CN(C(=O)CC1=CSC3=NCCCN13)C2. The number of rotatable bonds is 4. The molecule has 136 valence electrons. The number of aliphatic imine (C=N–C) groups is 1. The van der Waals surface area contributed by atoms with E-state index in [2.05, 4.69) is 22.2 Å². The molecule has 0 aromatic carbocycles. The van der Waals surface area contributed by atoms with E-state index in [0.29, 0.717) is 19.5 Å². The minimum atomic E-state index is -0.00621.